The van der Waals surface area contributed by atoms with Crippen molar-refractivity contribution in [3.63, 3.8) is 0 Å². The summed E-state index contributed by atoms with van der Waals surface area (Å²) in [6, 6.07) is 2.83. The van der Waals surface area contributed by atoms with Crippen molar-refractivity contribution in [1.29, 1.82) is 0 Å². The van der Waals surface area contributed by atoms with E-state index in [1.165, 1.54) is 35.0 Å². The Balaban J connectivity index is 2.41. The van der Waals surface area contributed by atoms with Crippen molar-refractivity contribution in [1.82, 2.24) is 4.98 Å². The lowest BCUT2D eigenvalue weighted by atomic mass is 10.2. The number of rotatable bonds is 2. The van der Waals surface area contributed by atoms with Gasteiger partial charge in [0.1, 0.15) is 5.82 Å². The number of aromatic nitrogens is 1. The summed E-state index contributed by atoms with van der Waals surface area (Å²) in [5.41, 5.74) is 0.798. The molecule has 0 aliphatic rings. The van der Waals surface area contributed by atoms with E-state index in [4.69, 9.17) is 5.11 Å². The molecule has 15 heavy (non-hydrogen) atoms. The number of carboxylic acid groups (broad SMARTS) is 1. The smallest absolute Gasteiger partial charge is 0.336 e. The third-order valence-electron chi connectivity index (χ3n) is 1.84. The summed E-state index contributed by atoms with van der Waals surface area (Å²) in [7, 11) is 0. The van der Waals surface area contributed by atoms with Gasteiger partial charge in [-0.1, -0.05) is 0 Å². The van der Waals surface area contributed by atoms with Gasteiger partial charge >= 0.3 is 5.97 Å². The number of aromatic carboxylic acids is 1. The Labute approximate surface area is 88.8 Å². The lowest BCUT2D eigenvalue weighted by molar-refractivity contribution is 0.0697. The molecule has 0 aliphatic heterocycles. The normalized spacial score (nSPS) is 10.2. The Morgan fingerprint density at radius 1 is 1.40 bits per heavy atom. The minimum atomic E-state index is -0.984. The van der Waals surface area contributed by atoms with Crippen LogP contribution in [0.2, 0.25) is 0 Å². The molecule has 0 aromatic carbocycles. The predicted molar refractivity (Wildman–Crippen MR) is 54.5 cm³/mol. The second-order valence-corrected chi connectivity index (χ2v) is 3.81. The van der Waals surface area contributed by atoms with Crippen LogP contribution in [0.4, 0.5) is 4.39 Å². The molecule has 2 aromatic heterocycles. The van der Waals surface area contributed by atoms with Gasteiger partial charge in [-0.15, -0.1) is 11.3 Å². The van der Waals surface area contributed by atoms with Gasteiger partial charge in [0.05, 0.1) is 11.8 Å². The van der Waals surface area contributed by atoms with Gasteiger partial charge in [0, 0.05) is 22.0 Å². The first-order valence-corrected chi connectivity index (χ1v) is 4.97. The molecule has 5 heteroatoms. The Bertz CT molecular complexity index is 510. The van der Waals surface area contributed by atoms with E-state index in [0.29, 0.717) is 10.4 Å². The summed E-state index contributed by atoms with van der Waals surface area (Å²) in [6.45, 7) is 0. The largest absolute Gasteiger partial charge is 0.478 e. The second-order valence-electron chi connectivity index (χ2n) is 2.90. The lowest BCUT2D eigenvalue weighted by Crippen LogP contribution is -1.91. The van der Waals surface area contributed by atoms with Crippen LogP contribution in [0.1, 0.15) is 10.4 Å². The number of hydrogen-bond acceptors (Lipinski definition) is 3. The van der Waals surface area contributed by atoms with E-state index in [2.05, 4.69) is 4.98 Å². The first-order valence-electron chi connectivity index (χ1n) is 4.09. The molecular formula is C10H6FNO2S. The number of hydrogen-bond donors (Lipinski definition) is 1. The standard InChI is InChI=1S/C10H6FNO2S/c11-8-1-6(3-12-4-8)9-2-7(5-15-9)10(13)14/h1-5H,(H,13,14). The molecule has 0 fully saturated rings. The average molecular weight is 223 g/mol. The molecule has 0 radical (unpaired) electrons. The molecule has 76 valence electrons. The van der Waals surface area contributed by atoms with Crippen molar-refractivity contribution >= 4 is 17.3 Å². The number of pyridine rings is 1. The monoisotopic (exact) mass is 223 g/mol. The molecule has 0 atom stereocenters. The maximum absolute atomic E-state index is 12.8. The van der Waals surface area contributed by atoms with Crippen LogP contribution in [0, 0.1) is 5.82 Å². The minimum Gasteiger partial charge on any atom is -0.478 e. The maximum Gasteiger partial charge on any atom is 0.336 e. The number of halogens is 1. The summed E-state index contributed by atoms with van der Waals surface area (Å²) in [5.74, 6) is -1.42. The SMILES string of the molecule is O=C(O)c1csc(-c2cncc(F)c2)c1. The molecule has 3 nitrogen and oxygen atoms in total. The minimum absolute atomic E-state index is 0.208. The second kappa shape index (κ2) is 3.78. The highest BCUT2D eigenvalue weighted by atomic mass is 32.1. The summed E-state index contributed by atoms with van der Waals surface area (Å²) in [4.78, 5) is 15.0. The van der Waals surface area contributed by atoms with Gasteiger partial charge in [0.15, 0.2) is 0 Å². The van der Waals surface area contributed by atoms with Crippen molar-refractivity contribution in [3.8, 4) is 10.4 Å². The van der Waals surface area contributed by atoms with E-state index in [9.17, 15) is 9.18 Å². The topological polar surface area (TPSA) is 50.2 Å². The van der Waals surface area contributed by atoms with Crippen molar-refractivity contribution < 1.29 is 14.3 Å². The summed E-state index contributed by atoms with van der Waals surface area (Å²) in [6.07, 6.45) is 2.61. The fourth-order valence-corrected chi connectivity index (χ4v) is 2.01. The van der Waals surface area contributed by atoms with E-state index in [1.807, 2.05) is 0 Å². The molecule has 2 heterocycles. The van der Waals surface area contributed by atoms with Gasteiger partial charge in [-0.25, -0.2) is 9.18 Å². The quantitative estimate of drug-likeness (QED) is 0.851. The maximum atomic E-state index is 12.8. The highest BCUT2D eigenvalue weighted by Gasteiger charge is 2.08. The Morgan fingerprint density at radius 3 is 2.80 bits per heavy atom. The van der Waals surface area contributed by atoms with Crippen molar-refractivity contribution in [3.05, 3.63) is 41.3 Å². The van der Waals surface area contributed by atoms with Gasteiger partial charge in [-0.05, 0) is 12.1 Å². The first kappa shape index (κ1) is 9.79. The molecule has 0 unspecified atom stereocenters. The molecule has 1 N–H and O–H groups in total. The van der Waals surface area contributed by atoms with Crippen LogP contribution >= 0.6 is 11.3 Å². The summed E-state index contributed by atoms with van der Waals surface area (Å²) < 4.78 is 12.8. The summed E-state index contributed by atoms with van der Waals surface area (Å²) in [5, 5.41) is 10.2. The Kier molecular flexibility index (Phi) is 2.47. The third-order valence-corrected chi connectivity index (χ3v) is 2.82. The van der Waals surface area contributed by atoms with Crippen molar-refractivity contribution in [2.75, 3.05) is 0 Å². The van der Waals surface area contributed by atoms with E-state index in [-0.39, 0.29) is 5.56 Å². The highest BCUT2D eigenvalue weighted by molar-refractivity contribution is 7.13. The van der Waals surface area contributed by atoms with Crippen LogP contribution in [-0.2, 0) is 0 Å². The number of carbonyl (C=O) groups is 1. The number of thiophene rings is 1. The fraction of sp³-hybridized carbons (Fsp3) is 0. The van der Waals surface area contributed by atoms with E-state index in [0.717, 1.165) is 6.20 Å². The molecule has 0 amide bonds. The van der Waals surface area contributed by atoms with Gasteiger partial charge in [0.2, 0.25) is 0 Å². The van der Waals surface area contributed by atoms with Crippen LogP contribution in [0.3, 0.4) is 0 Å². The van der Waals surface area contributed by atoms with E-state index < -0.39 is 11.8 Å². The zero-order valence-corrected chi connectivity index (χ0v) is 8.29. The molecule has 0 spiro atoms. The van der Waals surface area contributed by atoms with Crippen LogP contribution in [-0.4, -0.2) is 16.1 Å². The molecule has 0 saturated heterocycles. The lowest BCUT2D eigenvalue weighted by Gasteiger charge is -1.95. The van der Waals surface area contributed by atoms with E-state index >= 15 is 0 Å². The fourth-order valence-electron chi connectivity index (χ4n) is 1.15. The van der Waals surface area contributed by atoms with Crippen molar-refractivity contribution in [2.24, 2.45) is 0 Å². The zero-order valence-electron chi connectivity index (χ0n) is 7.48. The number of carboxylic acids is 1. The zero-order chi connectivity index (χ0) is 10.8. The Hall–Kier alpha value is -1.75. The highest BCUT2D eigenvalue weighted by Crippen LogP contribution is 2.26. The molecule has 2 aromatic rings. The van der Waals surface area contributed by atoms with Crippen LogP contribution in [0.25, 0.3) is 10.4 Å². The third kappa shape index (κ3) is 2.02. The molecule has 2 rings (SSSR count). The van der Waals surface area contributed by atoms with Gasteiger partial charge in [0.25, 0.3) is 0 Å². The molecule has 0 aliphatic carbocycles. The first-order chi connectivity index (χ1) is 7.16. The van der Waals surface area contributed by atoms with Gasteiger partial charge < -0.3 is 5.11 Å². The van der Waals surface area contributed by atoms with Gasteiger partial charge in [-0.2, -0.15) is 0 Å². The average Bonchev–Trinajstić information content (AvgIpc) is 2.66. The van der Waals surface area contributed by atoms with Crippen molar-refractivity contribution in [2.45, 2.75) is 0 Å². The molecular weight excluding hydrogens is 217 g/mol. The Morgan fingerprint density at radius 2 is 2.20 bits per heavy atom. The van der Waals surface area contributed by atoms with Crippen LogP contribution in [0.5, 0.6) is 0 Å². The molecule has 0 saturated carbocycles. The van der Waals surface area contributed by atoms with Gasteiger partial charge in [-0.3, -0.25) is 4.98 Å². The van der Waals surface area contributed by atoms with Crippen LogP contribution < -0.4 is 0 Å². The van der Waals surface area contributed by atoms with E-state index in [1.54, 1.807) is 0 Å². The van der Waals surface area contributed by atoms with Crippen LogP contribution in [0.15, 0.2) is 29.9 Å². The molecule has 0 bridgehead atoms. The predicted octanol–water partition coefficient (Wildman–Crippen LogP) is 2.65. The summed E-state index contributed by atoms with van der Waals surface area (Å²) >= 11 is 1.25. The number of nitrogens with zero attached hydrogens (tertiary/aromatic N) is 1.